The van der Waals surface area contributed by atoms with Crippen LogP contribution in [0.15, 0.2) is 5.16 Å². The van der Waals surface area contributed by atoms with Gasteiger partial charge in [0.2, 0.25) is 5.91 Å². The molecule has 150 valence electrons. The van der Waals surface area contributed by atoms with Crippen LogP contribution in [0.25, 0.3) is 0 Å². The van der Waals surface area contributed by atoms with Gasteiger partial charge in [0.05, 0.1) is 11.3 Å². The number of fused-ring (bicyclic) bond motifs is 1. The van der Waals surface area contributed by atoms with Crippen LogP contribution in [-0.4, -0.2) is 26.4 Å². The Labute approximate surface area is 174 Å². The minimum atomic E-state index is -0.108. The first kappa shape index (κ1) is 20.9. The third-order valence-electron chi connectivity index (χ3n) is 5.22. The summed E-state index contributed by atoms with van der Waals surface area (Å²) in [5.41, 5.74) is 1.80. The molecule has 2 aromatic rings. The molecular formula is C20H27N5OS2. The second-order valence-electron chi connectivity index (χ2n) is 7.41. The molecule has 2 aromatic heterocycles. The molecule has 6 nitrogen and oxygen atoms in total. The predicted octanol–water partition coefficient (Wildman–Crippen LogP) is 4.60. The lowest BCUT2D eigenvalue weighted by Crippen LogP contribution is -2.15. The first-order valence-electron chi connectivity index (χ1n) is 9.88. The first-order chi connectivity index (χ1) is 13.5. The molecule has 0 aliphatic heterocycles. The summed E-state index contributed by atoms with van der Waals surface area (Å²) in [5, 5.41) is 22.5. The number of aromatic nitrogens is 3. The zero-order valence-electron chi connectivity index (χ0n) is 16.9. The topological polar surface area (TPSA) is 83.6 Å². The van der Waals surface area contributed by atoms with E-state index in [1.54, 1.807) is 11.3 Å². The predicted molar refractivity (Wildman–Crippen MR) is 114 cm³/mol. The largest absolute Gasteiger partial charge is 0.316 e. The molecule has 1 atom stereocenters. The third-order valence-corrected chi connectivity index (χ3v) is 7.36. The van der Waals surface area contributed by atoms with E-state index in [-0.39, 0.29) is 17.6 Å². The van der Waals surface area contributed by atoms with Gasteiger partial charge in [0.25, 0.3) is 0 Å². The minimum Gasteiger partial charge on any atom is -0.316 e. The molecule has 0 aromatic carbocycles. The fourth-order valence-electron chi connectivity index (χ4n) is 3.63. The molecule has 2 heterocycles. The van der Waals surface area contributed by atoms with Gasteiger partial charge in [0, 0.05) is 17.3 Å². The van der Waals surface area contributed by atoms with Crippen LogP contribution in [0.2, 0.25) is 0 Å². The van der Waals surface area contributed by atoms with Crippen molar-refractivity contribution < 1.29 is 4.79 Å². The molecule has 1 aliphatic carbocycles. The number of nitriles is 1. The van der Waals surface area contributed by atoms with Crippen LogP contribution in [0.4, 0.5) is 5.00 Å². The van der Waals surface area contributed by atoms with Gasteiger partial charge in [-0.05, 0) is 37.7 Å². The second kappa shape index (κ2) is 9.10. The molecule has 1 aliphatic rings. The zero-order valence-corrected chi connectivity index (χ0v) is 18.5. The van der Waals surface area contributed by atoms with Crippen molar-refractivity contribution in [3.05, 3.63) is 21.8 Å². The highest BCUT2D eigenvalue weighted by molar-refractivity contribution is 7.99. The van der Waals surface area contributed by atoms with Gasteiger partial charge in [-0.3, -0.25) is 4.79 Å². The van der Waals surface area contributed by atoms with Gasteiger partial charge in [-0.15, -0.1) is 21.5 Å². The summed E-state index contributed by atoms with van der Waals surface area (Å²) in [5.74, 6) is 2.06. The minimum absolute atomic E-state index is 0.108. The van der Waals surface area contributed by atoms with Crippen molar-refractivity contribution in [3.8, 4) is 6.07 Å². The Balaban J connectivity index is 1.68. The normalized spacial score (nSPS) is 16.1. The van der Waals surface area contributed by atoms with Gasteiger partial charge < -0.3 is 9.88 Å². The van der Waals surface area contributed by atoms with Crippen LogP contribution >= 0.6 is 23.1 Å². The number of rotatable bonds is 7. The van der Waals surface area contributed by atoms with Crippen LogP contribution in [0, 0.1) is 17.2 Å². The summed E-state index contributed by atoms with van der Waals surface area (Å²) in [6, 6.07) is 2.31. The fraction of sp³-hybridized carbons (Fsp3) is 0.600. The smallest absolute Gasteiger partial charge is 0.235 e. The van der Waals surface area contributed by atoms with Crippen LogP contribution in [0.3, 0.4) is 0 Å². The number of thioether (sulfide) groups is 1. The van der Waals surface area contributed by atoms with Crippen LogP contribution in [0.5, 0.6) is 0 Å². The Morgan fingerprint density at radius 1 is 1.43 bits per heavy atom. The van der Waals surface area contributed by atoms with Crippen molar-refractivity contribution >= 4 is 34.0 Å². The van der Waals surface area contributed by atoms with Crippen LogP contribution < -0.4 is 5.32 Å². The van der Waals surface area contributed by atoms with Crippen molar-refractivity contribution in [1.29, 1.82) is 5.26 Å². The number of thiophene rings is 1. The molecule has 28 heavy (non-hydrogen) atoms. The van der Waals surface area contributed by atoms with E-state index in [0.717, 1.165) is 48.8 Å². The van der Waals surface area contributed by atoms with E-state index in [1.165, 1.54) is 16.6 Å². The first-order valence-corrected chi connectivity index (χ1v) is 11.7. The molecule has 0 fully saturated rings. The molecule has 8 heteroatoms. The summed E-state index contributed by atoms with van der Waals surface area (Å²) in [7, 11) is 0. The maximum atomic E-state index is 12.5. The number of nitrogens with one attached hydrogen (secondary N) is 1. The fourth-order valence-corrected chi connectivity index (χ4v) is 5.77. The summed E-state index contributed by atoms with van der Waals surface area (Å²) in [6.45, 7) is 9.22. The van der Waals surface area contributed by atoms with Gasteiger partial charge >= 0.3 is 0 Å². The summed E-state index contributed by atoms with van der Waals surface area (Å²) in [6.07, 6.45) is 4.25. The van der Waals surface area contributed by atoms with Crippen molar-refractivity contribution in [2.75, 3.05) is 11.1 Å². The number of carbonyl (C=O) groups is 1. The lowest BCUT2D eigenvalue weighted by Gasteiger charge is -2.20. The molecule has 3 rings (SSSR count). The van der Waals surface area contributed by atoms with E-state index in [0.29, 0.717) is 16.5 Å². The number of amides is 1. The molecule has 0 spiro atoms. The highest BCUT2D eigenvalue weighted by Gasteiger charge is 2.26. The molecular weight excluding hydrogens is 390 g/mol. The summed E-state index contributed by atoms with van der Waals surface area (Å²) in [4.78, 5) is 13.8. The maximum absolute atomic E-state index is 12.5. The molecule has 0 saturated carbocycles. The van der Waals surface area contributed by atoms with Crippen molar-refractivity contribution in [3.63, 3.8) is 0 Å². The van der Waals surface area contributed by atoms with Gasteiger partial charge in [-0.2, -0.15) is 5.26 Å². The van der Waals surface area contributed by atoms with Crippen LogP contribution in [0.1, 0.15) is 68.3 Å². The Morgan fingerprint density at radius 2 is 2.21 bits per heavy atom. The number of hydrogen-bond donors (Lipinski definition) is 1. The van der Waals surface area contributed by atoms with Gasteiger partial charge in [-0.1, -0.05) is 39.0 Å². The molecule has 1 amide bonds. The quantitative estimate of drug-likeness (QED) is 0.666. The summed E-state index contributed by atoms with van der Waals surface area (Å²) < 4.78 is 2.05. The molecule has 0 radical (unpaired) electrons. The second-order valence-corrected chi connectivity index (χ2v) is 9.46. The SMILES string of the molecule is CCC1CCc2c(sc(NC(=O)CSc3nnc(C(C)C)n3CC)c2C#N)C1. The lowest BCUT2D eigenvalue weighted by atomic mass is 9.86. The number of nitrogens with zero attached hydrogens (tertiary/aromatic N) is 4. The Kier molecular flexibility index (Phi) is 6.78. The number of hydrogen-bond acceptors (Lipinski definition) is 6. The van der Waals surface area contributed by atoms with Gasteiger partial charge in [0.1, 0.15) is 16.9 Å². The standard InChI is InChI=1S/C20H27N5OS2/c1-5-13-7-8-14-15(10-21)19(28-16(14)9-13)22-17(26)11-27-20-24-23-18(12(3)4)25(20)6-2/h12-13H,5-9,11H2,1-4H3,(H,22,26). The highest BCUT2D eigenvalue weighted by atomic mass is 32.2. The van der Waals surface area contributed by atoms with E-state index >= 15 is 0 Å². The summed E-state index contributed by atoms with van der Waals surface area (Å²) >= 11 is 2.96. The van der Waals surface area contributed by atoms with Crippen molar-refractivity contribution in [1.82, 2.24) is 14.8 Å². The molecule has 1 N–H and O–H groups in total. The Hall–Kier alpha value is -1.85. The Bertz CT molecular complexity index is 893. The molecule has 0 saturated heterocycles. The average Bonchev–Trinajstić information content (AvgIpc) is 3.25. The van der Waals surface area contributed by atoms with E-state index in [4.69, 9.17) is 0 Å². The Morgan fingerprint density at radius 3 is 2.86 bits per heavy atom. The average molecular weight is 418 g/mol. The number of anilines is 1. The molecule has 1 unspecified atom stereocenters. The van der Waals surface area contributed by atoms with Crippen molar-refractivity contribution in [2.24, 2.45) is 5.92 Å². The lowest BCUT2D eigenvalue weighted by molar-refractivity contribution is -0.113. The van der Waals surface area contributed by atoms with Gasteiger partial charge in [-0.25, -0.2) is 0 Å². The van der Waals surface area contributed by atoms with Gasteiger partial charge in [0.15, 0.2) is 5.16 Å². The van der Waals surface area contributed by atoms with Crippen molar-refractivity contribution in [2.45, 2.75) is 71.0 Å². The monoisotopic (exact) mass is 417 g/mol. The van der Waals surface area contributed by atoms with E-state index < -0.39 is 0 Å². The zero-order chi connectivity index (χ0) is 20.3. The van der Waals surface area contributed by atoms with E-state index in [1.807, 2.05) is 0 Å². The number of carbonyl (C=O) groups excluding carboxylic acids is 1. The van der Waals surface area contributed by atoms with E-state index in [9.17, 15) is 10.1 Å². The van der Waals surface area contributed by atoms with E-state index in [2.05, 4.69) is 53.8 Å². The third kappa shape index (κ3) is 4.26. The maximum Gasteiger partial charge on any atom is 0.235 e. The highest BCUT2D eigenvalue weighted by Crippen LogP contribution is 2.40. The molecule has 0 bridgehead atoms. The van der Waals surface area contributed by atoms with Crippen LogP contribution in [-0.2, 0) is 24.2 Å².